The Morgan fingerprint density at radius 2 is 1.81 bits per heavy atom. The number of aliphatic hydroxyl groups is 1. The summed E-state index contributed by atoms with van der Waals surface area (Å²) in [5, 5.41) is 11.6. The maximum absolute atomic E-state index is 10.4. The number of aliphatic hydroxyl groups excluding tert-OH is 1. The van der Waals surface area contributed by atoms with Crippen molar-refractivity contribution in [1.29, 1.82) is 0 Å². The van der Waals surface area contributed by atoms with Crippen LogP contribution in [0.4, 0.5) is 0 Å². The first-order chi connectivity index (χ1) is 9.99. The molecular formula is C17H19Cl2NO. The molecule has 2 aromatic carbocycles. The van der Waals surface area contributed by atoms with Crippen LogP contribution in [-0.2, 0) is 11.8 Å². The molecule has 0 fully saturated rings. The third kappa shape index (κ3) is 3.41. The summed E-state index contributed by atoms with van der Waals surface area (Å²) in [6, 6.07) is 15.2. The predicted octanol–water partition coefficient (Wildman–Crippen LogP) is 3.81. The number of rotatable bonds is 5. The molecular weight excluding hydrogens is 305 g/mol. The van der Waals surface area contributed by atoms with Crippen molar-refractivity contribution in [1.82, 2.24) is 0 Å². The first-order valence-corrected chi connectivity index (χ1v) is 7.63. The van der Waals surface area contributed by atoms with Crippen molar-refractivity contribution in [3.05, 3.63) is 69.7 Å². The monoisotopic (exact) mass is 323 g/mol. The van der Waals surface area contributed by atoms with Gasteiger partial charge in [-0.3, -0.25) is 0 Å². The van der Waals surface area contributed by atoms with Crippen molar-refractivity contribution in [2.75, 3.05) is 6.54 Å². The molecule has 0 heterocycles. The molecule has 0 bridgehead atoms. The lowest BCUT2D eigenvalue weighted by molar-refractivity contribution is 0.100. The smallest absolute Gasteiger partial charge is 0.0624 e. The highest BCUT2D eigenvalue weighted by molar-refractivity contribution is 6.33. The molecule has 0 saturated heterocycles. The predicted molar refractivity (Wildman–Crippen MR) is 89.0 cm³/mol. The maximum Gasteiger partial charge on any atom is 0.0624 e. The molecule has 0 aliphatic carbocycles. The van der Waals surface area contributed by atoms with Gasteiger partial charge in [-0.05, 0) is 42.7 Å². The van der Waals surface area contributed by atoms with Crippen LogP contribution >= 0.6 is 23.2 Å². The van der Waals surface area contributed by atoms with Crippen LogP contribution in [0.15, 0.2) is 48.5 Å². The zero-order chi connectivity index (χ0) is 15.5. The minimum atomic E-state index is -0.611. The quantitative estimate of drug-likeness (QED) is 0.878. The van der Waals surface area contributed by atoms with Crippen LogP contribution in [0, 0.1) is 0 Å². The van der Waals surface area contributed by atoms with Crippen LogP contribution in [0.5, 0.6) is 0 Å². The van der Waals surface area contributed by atoms with E-state index in [4.69, 9.17) is 28.9 Å². The average Bonchev–Trinajstić information content (AvgIpc) is 2.49. The summed E-state index contributed by atoms with van der Waals surface area (Å²) in [5.41, 5.74) is 7.34. The van der Waals surface area contributed by atoms with Gasteiger partial charge in [0.25, 0.3) is 0 Å². The molecule has 0 radical (unpaired) electrons. The van der Waals surface area contributed by atoms with Gasteiger partial charge in [0.1, 0.15) is 0 Å². The highest BCUT2D eigenvalue weighted by Gasteiger charge is 2.36. The zero-order valence-corrected chi connectivity index (χ0v) is 13.4. The molecule has 2 rings (SSSR count). The Morgan fingerprint density at radius 3 is 2.38 bits per heavy atom. The molecule has 0 aliphatic heterocycles. The van der Waals surface area contributed by atoms with E-state index in [-0.39, 0.29) is 0 Å². The van der Waals surface area contributed by atoms with Crippen molar-refractivity contribution < 1.29 is 5.11 Å². The van der Waals surface area contributed by atoms with E-state index in [0.29, 0.717) is 23.0 Å². The Balaban J connectivity index is 2.49. The van der Waals surface area contributed by atoms with E-state index in [1.807, 2.05) is 36.4 Å². The van der Waals surface area contributed by atoms with E-state index >= 15 is 0 Å². The van der Waals surface area contributed by atoms with Gasteiger partial charge >= 0.3 is 0 Å². The standard InChI is InChI=1S/C17H19Cl2NO/c1-12(21)17(11-20,14-5-3-2-4-6-14)10-13-9-15(18)7-8-16(13)19/h2-9,12,21H,10-11,20H2,1H3. The Kier molecular flexibility index (Phi) is 5.28. The Morgan fingerprint density at radius 1 is 1.14 bits per heavy atom. The molecule has 0 aliphatic rings. The molecule has 2 unspecified atom stereocenters. The molecule has 2 atom stereocenters. The topological polar surface area (TPSA) is 46.2 Å². The number of halogens is 2. The van der Waals surface area contributed by atoms with E-state index < -0.39 is 11.5 Å². The molecule has 4 heteroatoms. The number of hydrogen-bond acceptors (Lipinski definition) is 2. The highest BCUT2D eigenvalue weighted by atomic mass is 35.5. The summed E-state index contributed by atoms with van der Waals surface area (Å²) in [5.74, 6) is 0. The van der Waals surface area contributed by atoms with E-state index in [1.54, 1.807) is 19.1 Å². The van der Waals surface area contributed by atoms with Gasteiger partial charge < -0.3 is 10.8 Å². The molecule has 0 amide bonds. The second kappa shape index (κ2) is 6.80. The van der Waals surface area contributed by atoms with Gasteiger partial charge in [-0.25, -0.2) is 0 Å². The molecule has 2 aromatic rings. The van der Waals surface area contributed by atoms with Gasteiger partial charge in [0.15, 0.2) is 0 Å². The van der Waals surface area contributed by atoms with E-state index in [2.05, 4.69) is 0 Å². The molecule has 21 heavy (non-hydrogen) atoms. The van der Waals surface area contributed by atoms with Gasteiger partial charge in [0, 0.05) is 22.0 Å². The second-order valence-electron chi connectivity index (χ2n) is 5.31. The van der Waals surface area contributed by atoms with Gasteiger partial charge in [-0.1, -0.05) is 53.5 Å². The van der Waals surface area contributed by atoms with Crippen molar-refractivity contribution in [2.24, 2.45) is 5.73 Å². The molecule has 0 saturated carbocycles. The largest absolute Gasteiger partial charge is 0.392 e. The third-order valence-corrected chi connectivity index (χ3v) is 4.63. The van der Waals surface area contributed by atoms with E-state index in [0.717, 1.165) is 11.1 Å². The summed E-state index contributed by atoms with van der Waals surface area (Å²) >= 11 is 12.3. The summed E-state index contributed by atoms with van der Waals surface area (Å²) in [4.78, 5) is 0. The minimum Gasteiger partial charge on any atom is -0.392 e. The Hall–Kier alpha value is -1.06. The molecule has 112 valence electrons. The number of benzene rings is 2. The SMILES string of the molecule is CC(O)C(CN)(Cc1cc(Cl)ccc1Cl)c1ccccc1. The first kappa shape index (κ1) is 16.3. The minimum absolute atomic E-state index is 0.317. The van der Waals surface area contributed by atoms with Crippen molar-refractivity contribution in [3.63, 3.8) is 0 Å². The maximum atomic E-state index is 10.4. The van der Waals surface area contributed by atoms with Crippen LogP contribution in [0.25, 0.3) is 0 Å². The molecule has 0 aromatic heterocycles. The van der Waals surface area contributed by atoms with Crippen molar-refractivity contribution in [2.45, 2.75) is 24.9 Å². The summed E-state index contributed by atoms with van der Waals surface area (Å²) in [6.07, 6.45) is -0.0788. The van der Waals surface area contributed by atoms with Gasteiger partial charge in [-0.2, -0.15) is 0 Å². The Bertz CT molecular complexity index is 601. The zero-order valence-electron chi connectivity index (χ0n) is 11.9. The number of hydrogen-bond donors (Lipinski definition) is 2. The van der Waals surface area contributed by atoms with Crippen LogP contribution < -0.4 is 5.73 Å². The van der Waals surface area contributed by atoms with Gasteiger partial charge in [0.2, 0.25) is 0 Å². The lowest BCUT2D eigenvalue weighted by Gasteiger charge is -2.36. The fourth-order valence-corrected chi connectivity index (χ4v) is 3.02. The molecule has 3 N–H and O–H groups in total. The van der Waals surface area contributed by atoms with E-state index in [1.165, 1.54) is 0 Å². The summed E-state index contributed by atoms with van der Waals surface area (Å²) < 4.78 is 0. The summed E-state index contributed by atoms with van der Waals surface area (Å²) in [6.45, 7) is 2.08. The van der Waals surface area contributed by atoms with Crippen molar-refractivity contribution in [3.8, 4) is 0 Å². The molecule has 0 spiro atoms. The van der Waals surface area contributed by atoms with E-state index in [9.17, 15) is 5.11 Å². The average molecular weight is 324 g/mol. The highest BCUT2D eigenvalue weighted by Crippen LogP contribution is 2.34. The lowest BCUT2D eigenvalue weighted by Crippen LogP contribution is -2.46. The van der Waals surface area contributed by atoms with Crippen LogP contribution in [0.2, 0.25) is 10.0 Å². The number of nitrogens with two attached hydrogens (primary N) is 1. The third-order valence-electron chi connectivity index (χ3n) is 4.03. The molecule has 2 nitrogen and oxygen atoms in total. The van der Waals surface area contributed by atoms with Crippen molar-refractivity contribution >= 4 is 23.2 Å². The van der Waals surface area contributed by atoms with Crippen LogP contribution in [0.1, 0.15) is 18.1 Å². The summed E-state index contributed by atoms with van der Waals surface area (Å²) in [7, 11) is 0. The first-order valence-electron chi connectivity index (χ1n) is 6.87. The Labute approximate surface area is 135 Å². The fraction of sp³-hybridized carbons (Fsp3) is 0.294. The second-order valence-corrected chi connectivity index (χ2v) is 6.16. The van der Waals surface area contributed by atoms with Gasteiger partial charge in [0.05, 0.1) is 6.10 Å². The normalized spacial score (nSPS) is 15.5. The fourth-order valence-electron chi connectivity index (χ4n) is 2.64. The lowest BCUT2D eigenvalue weighted by atomic mass is 9.72. The van der Waals surface area contributed by atoms with Crippen LogP contribution in [-0.4, -0.2) is 17.8 Å². The van der Waals surface area contributed by atoms with Gasteiger partial charge in [-0.15, -0.1) is 0 Å². The van der Waals surface area contributed by atoms with Crippen LogP contribution in [0.3, 0.4) is 0 Å².